The molecule has 170 valence electrons. The monoisotopic (exact) mass is 430 g/mol. The zero-order chi connectivity index (χ0) is 23.4. The Bertz CT molecular complexity index is 570. The Labute approximate surface area is 174 Å². The van der Waals surface area contributed by atoms with Crippen molar-refractivity contribution < 1.29 is 49.8 Å². The number of hydrogen-bond donors (Lipinski definition) is 6. The first kappa shape index (κ1) is 29.2. The Balaban J connectivity index is 0. The number of unbranched alkanes of at least 4 members (excludes halogenated alkanes) is 4. The van der Waals surface area contributed by atoms with Crippen LogP contribution in [0, 0.1) is 0 Å². The summed E-state index contributed by atoms with van der Waals surface area (Å²) in [5.41, 5.74) is 0.167. The number of benzene rings is 1. The summed E-state index contributed by atoms with van der Waals surface area (Å²) in [7, 11) is 0. The van der Waals surface area contributed by atoms with Gasteiger partial charge in [0.2, 0.25) is 0 Å². The second-order valence-corrected chi connectivity index (χ2v) is 6.04. The Kier molecular flexibility index (Phi) is 18.8. The molecular weight excluding hydrogens is 400 g/mol. The lowest BCUT2D eigenvalue weighted by Gasteiger charge is -1.94. The van der Waals surface area contributed by atoms with Gasteiger partial charge >= 0.3 is 23.9 Å². The van der Waals surface area contributed by atoms with Crippen molar-refractivity contribution in [3.8, 4) is 0 Å². The quantitative estimate of drug-likeness (QED) is 0.268. The molecule has 0 aromatic heterocycles. The molecule has 0 fully saturated rings. The van der Waals surface area contributed by atoms with Crippen LogP contribution in [0.5, 0.6) is 0 Å². The molecule has 0 amide bonds. The number of aromatic carboxylic acids is 2. The molecule has 0 aliphatic rings. The predicted molar refractivity (Wildman–Crippen MR) is 107 cm³/mol. The highest BCUT2D eigenvalue weighted by atomic mass is 16.4. The average molecular weight is 430 g/mol. The Morgan fingerprint density at radius 1 is 0.533 bits per heavy atom. The highest BCUT2D eigenvalue weighted by molar-refractivity contribution is 5.91. The summed E-state index contributed by atoms with van der Waals surface area (Å²) < 4.78 is 0. The van der Waals surface area contributed by atoms with Crippen LogP contribution in [0.15, 0.2) is 24.3 Å². The molecule has 1 rings (SSSR count). The minimum atomic E-state index is -1.06. The predicted octanol–water partition coefficient (Wildman–Crippen LogP) is 2.33. The van der Waals surface area contributed by atoms with Crippen LogP contribution in [0.1, 0.15) is 72.1 Å². The normalized spacial score (nSPS) is 9.40. The highest BCUT2D eigenvalue weighted by Gasteiger charge is 2.04. The van der Waals surface area contributed by atoms with Crippen molar-refractivity contribution in [1.29, 1.82) is 0 Å². The van der Waals surface area contributed by atoms with Crippen molar-refractivity contribution in [1.82, 2.24) is 0 Å². The molecule has 30 heavy (non-hydrogen) atoms. The summed E-state index contributed by atoms with van der Waals surface area (Å²) in [5.74, 6) is -3.87. The average Bonchev–Trinajstić information content (AvgIpc) is 2.69. The first-order valence-corrected chi connectivity index (χ1v) is 9.37. The third kappa shape index (κ3) is 19.8. The number of hydrogen-bond acceptors (Lipinski definition) is 6. The molecule has 0 radical (unpaired) electrons. The van der Waals surface area contributed by atoms with Gasteiger partial charge in [0, 0.05) is 26.1 Å². The SMILES string of the molecule is O=C(O)CCCCC(=O)O.O=C(O)c1ccc(C(=O)O)cc1.OCCCCCCO. The van der Waals surface area contributed by atoms with Crippen molar-refractivity contribution in [3.05, 3.63) is 35.4 Å². The van der Waals surface area contributed by atoms with Gasteiger partial charge in [-0.05, 0) is 49.9 Å². The van der Waals surface area contributed by atoms with Gasteiger partial charge in [0.1, 0.15) is 0 Å². The Hall–Kier alpha value is -2.98. The molecule has 0 unspecified atom stereocenters. The van der Waals surface area contributed by atoms with Gasteiger partial charge in [-0.2, -0.15) is 0 Å². The van der Waals surface area contributed by atoms with Crippen LogP contribution < -0.4 is 0 Å². The van der Waals surface area contributed by atoms with E-state index in [0.29, 0.717) is 12.8 Å². The molecule has 0 heterocycles. The van der Waals surface area contributed by atoms with Gasteiger partial charge in [0.15, 0.2) is 0 Å². The lowest BCUT2D eigenvalue weighted by Crippen LogP contribution is -1.99. The summed E-state index contributed by atoms with van der Waals surface area (Å²) in [6.45, 7) is 0.566. The molecule has 10 nitrogen and oxygen atoms in total. The lowest BCUT2D eigenvalue weighted by atomic mass is 10.1. The zero-order valence-electron chi connectivity index (χ0n) is 16.7. The molecule has 0 atom stereocenters. The van der Waals surface area contributed by atoms with Gasteiger partial charge in [-0.15, -0.1) is 0 Å². The maximum absolute atomic E-state index is 10.3. The molecule has 0 spiro atoms. The van der Waals surface area contributed by atoms with E-state index in [1.807, 2.05) is 0 Å². The van der Waals surface area contributed by atoms with Gasteiger partial charge in [0.05, 0.1) is 11.1 Å². The van der Waals surface area contributed by atoms with Gasteiger partial charge < -0.3 is 30.6 Å². The lowest BCUT2D eigenvalue weighted by molar-refractivity contribution is -0.139. The molecule has 0 saturated carbocycles. The fraction of sp³-hybridized carbons (Fsp3) is 0.500. The van der Waals surface area contributed by atoms with Gasteiger partial charge in [-0.25, -0.2) is 9.59 Å². The van der Waals surface area contributed by atoms with E-state index in [4.69, 9.17) is 30.6 Å². The number of aliphatic carboxylic acids is 2. The van der Waals surface area contributed by atoms with E-state index in [9.17, 15) is 19.2 Å². The Morgan fingerprint density at radius 3 is 1.03 bits per heavy atom. The van der Waals surface area contributed by atoms with E-state index < -0.39 is 23.9 Å². The van der Waals surface area contributed by atoms with E-state index >= 15 is 0 Å². The first-order valence-electron chi connectivity index (χ1n) is 9.37. The van der Waals surface area contributed by atoms with Crippen molar-refractivity contribution in [2.45, 2.75) is 51.4 Å². The number of carbonyl (C=O) groups is 4. The van der Waals surface area contributed by atoms with Crippen LogP contribution in [-0.2, 0) is 9.59 Å². The molecule has 6 N–H and O–H groups in total. The summed E-state index contributed by atoms with van der Waals surface area (Å²) in [4.78, 5) is 40.5. The van der Waals surface area contributed by atoms with Gasteiger partial charge in [0.25, 0.3) is 0 Å². The van der Waals surface area contributed by atoms with Crippen molar-refractivity contribution in [2.75, 3.05) is 13.2 Å². The first-order chi connectivity index (χ1) is 14.1. The van der Waals surface area contributed by atoms with Gasteiger partial charge in [-0.1, -0.05) is 12.8 Å². The largest absolute Gasteiger partial charge is 0.481 e. The van der Waals surface area contributed by atoms with Crippen molar-refractivity contribution >= 4 is 23.9 Å². The number of aliphatic hydroxyl groups excluding tert-OH is 2. The van der Waals surface area contributed by atoms with Gasteiger partial charge in [-0.3, -0.25) is 9.59 Å². The van der Waals surface area contributed by atoms with Crippen LogP contribution in [0.2, 0.25) is 0 Å². The molecule has 1 aromatic carbocycles. The van der Waals surface area contributed by atoms with E-state index in [2.05, 4.69) is 0 Å². The molecule has 0 saturated heterocycles. The second-order valence-electron chi connectivity index (χ2n) is 6.04. The Morgan fingerprint density at radius 2 is 0.833 bits per heavy atom. The van der Waals surface area contributed by atoms with Crippen LogP contribution in [-0.4, -0.2) is 67.7 Å². The summed E-state index contributed by atoms with van der Waals surface area (Å²) in [6.07, 6.45) is 4.85. The van der Waals surface area contributed by atoms with Crippen molar-refractivity contribution in [3.63, 3.8) is 0 Å². The fourth-order valence-corrected chi connectivity index (χ4v) is 1.88. The maximum Gasteiger partial charge on any atom is 0.335 e. The molecule has 10 heteroatoms. The fourth-order valence-electron chi connectivity index (χ4n) is 1.88. The van der Waals surface area contributed by atoms with Crippen LogP contribution in [0.25, 0.3) is 0 Å². The van der Waals surface area contributed by atoms with E-state index in [1.165, 1.54) is 24.3 Å². The minimum Gasteiger partial charge on any atom is -0.481 e. The number of carboxylic acids is 4. The summed E-state index contributed by atoms with van der Waals surface area (Å²) in [6, 6.07) is 5.02. The van der Waals surface area contributed by atoms with Crippen LogP contribution >= 0.6 is 0 Å². The molecule has 0 aliphatic carbocycles. The summed E-state index contributed by atoms with van der Waals surface area (Å²) in [5, 5.41) is 49.8. The molecular formula is C20H30O10. The second kappa shape index (κ2) is 19.3. The molecule has 1 aromatic rings. The third-order valence-electron chi connectivity index (χ3n) is 3.48. The zero-order valence-corrected chi connectivity index (χ0v) is 16.7. The van der Waals surface area contributed by atoms with E-state index in [0.717, 1.165) is 25.7 Å². The summed E-state index contributed by atoms with van der Waals surface area (Å²) >= 11 is 0. The van der Waals surface area contributed by atoms with Crippen LogP contribution in [0.3, 0.4) is 0 Å². The molecule has 0 bridgehead atoms. The smallest absolute Gasteiger partial charge is 0.335 e. The van der Waals surface area contributed by atoms with Crippen LogP contribution in [0.4, 0.5) is 0 Å². The highest BCUT2D eigenvalue weighted by Crippen LogP contribution is 2.03. The maximum atomic E-state index is 10.3. The standard InChI is InChI=1S/C8H6O4.C6H10O4.C6H14O2/c9-7(10)5-1-2-6(4-3-5)8(11)12;7-5(8)3-1-2-4-6(9)10;7-5-3-1-2-4-6-8/h1-4H,(H,9,10)(H,11,12);1-4H2,(H,7,8)(H,9,10);7-8H,1-6H2. The minimum absolute atomic E-state index is 0.0628. The van der Waals surface area contributed by atoms with E-state index in [-0.39, 0.29) is 37.2 Å². The number of carboxylic acid groups (broad SMARTS) is 4. The molecule has 0 aliphatic heterocycles. The third-order valence-corrected chi connectivity index (χ3v) is 3.48. The van der Waals surface area contributed by atoms with Crippen molar-refractivity contribution in [2.24, 2.45) is 0 Å². The topological polar surface area (TPSA) is 190 Å². The van der Waals surface area contributed by atoms with E-state index in [1.54, 1.807) is 0 Å². The number of aliphatic hydroxyl groups is 2. The number of rotatable bonds is 12.